The highest BCUT2D eigenvalue weighted by molar-refractivity contribution is 9.10. The van der Waals surface area contributed by atoms with Gasteiger partial charge in [-0.3, -0.25) is 4.79 Å². The van der Waals surface area contributed by atoms with Gasteiger partial charge in [0, 0.05) is 30.8 Å². The molecule has 1 aliphatic rings. The summed E-state index contributed by atoms with van der Waals surface area (Å²) in [5, 5.41) is 8.79. The maximum atomic E-state index is 12.9. The van der Waals surface area contributed by atoms with Crippen molar-refractivity contribution in [1.82, 2.24) is 4.90 Å². The minimum Gasteiger partial charge on any atom is -0.396 e. The van der Waals surface area contributed by atoms with Gasteiger partial charge in [0.25, 0.3) is 0 Å². The van der Waals surface area contributed by atoms with Gasteiger partial charge in [-0.15, -0.1) is 0 Å². The summed E-state index contributed by atoms with van der Waals surface area (Å²) in [6, 6.07) is 7.97. The fourth-order valence-electron chi connectivity index (χ4n) is 2.93. The molecule has 2 rings (SSSR count). The van der Waals surface area contributed by atoms with Crippen molar-refractivity contribution in [3.8, 4) is 0 Å². The number of amides is 1. The van der Waals surface area contributed by atoms with Crippen LogP contribution in [0, 0.1) is 0 Å². The van der Waals surface area contributed by atoms with E-state index in [1.165, 1.54) is 0 Å². The molecule has 0 radical (unpaired) electrons. The van der Waals surface area contributed by atoms with Gasteiger partial charge in [0.05, 0.1) is 11.5 Å². The average Bonchev–Trinajstić information content (AvgIpc) is 2.55. The van der Waals surface area contributed by atoms with Crippen LogP contribution >= 0.6 is 15.9 Å². The molecule has 0 atom stereocenters. The van der Waals surface area contributed by atoms with E-state index in [1.807, 2.05) is 43.0 Å². The Morgan fingerprint density at radius 3 is 2.48 bits per heavy atom. The van der Waals surface area contributed by atoms with Gasteiger partial charge in [0.15, 0.2) is 0 Å². The van der Waals surface area contributed by atoms with Crippen molar-refractivity contribution >= 4 is 21.8 Å². The van der Waals surface area contributed by atoms with E-state index in [0.717, 1.165) is 36.0 Å². The first-order valence-corrected chi connectivity index (χ1v) is 9.02. The van der Waals surface area contributed by atoms with Gasteiger partial charge in [-0.05, 0) is 50.8 Å². The molecule has 0 spiro atoms. The van der Waals surface area contributed by atoms with Crippen LogP contribution in [0.4, 0.5) is 0 Å². The summed E-state index contributed by atoms with van der Waals surface area (Å²) in [4.78, 5) is 14.9. The van der Waals surface area contributed by atoms with Gasteiger partial charge in [-0.2, -0.15) is 0 Å². The molecular weight excluding hydrogens is 358 g/mol. The lowest BCUT2D eigenvalue weighted by atomic mass is 9.82. The monoisotopic (exact) mass is 383 g/mol. The lowest BCUT2D eigenvalue weighted by Crippen LogP contribution is -2.48. The number of carbonyl (C=O) groups excluding carboxylic acids is 1. The summed E-state index contributed by atoms with van der Waals surface area (Å²) < 4.78 is 6.75. The zero-order chi connectivity index (χ0) is 16.9. The number of aliphatic hydroxyl groups excluding tert-OH is 1. The van der Waals surface area contributed by atoms with Crippen molar-refractivity contribution in [1.29, 1.82) is 0 Å². The van der Waals surface area contributed by atoms with E-state index < -0.39 is 5.41 Å². The first-order valence-electron chi connectivity index (χ1n) is 8.23. The smallest absolute Gasteiger partial charge is 0.232 e. The molecule has 1 amide bonds. The molecule has 0 bridgehead atoms. The van der Waals surface area contributed by atoms with Crippen molar-refractivity contribution in [2.24, 2.45) is 0 Å². The van der Waals surface area contributed by atoms with E-state index in [9.17, 15) is 4.79 Å². The Morgan fingerprint density at radius 2 is 1.91 bits per heavy atom. The third-order valence-corrected chi connectivity index (χ3v) is 5.01. The van der Waals surface area contributed by atoms with Gasteiger partial charge in [-0.25, -0.2) is 0 Å². The minimum absolute atomic E-state index is 0.165. The first-order chi connectivity index (χ1) is 10.9. The molecule has 1 saturated heterocycles. The van der Waals surface area contributed by atoms with Crippen LogP contribution < -0.4 is 0 Å². The Hall–Kier alpha value is -0.910. The fraction of sp³-hybridized carbons (Fsp3) is 0.611. The Bertz CT molecular complexity index is 508. The molecule has 1 aromatic rings. The van der Waals surface area contributed by atoms with E-state index in [0.29, 0.717) is 13.0 Å². The summed E-state index contributed by atoms with van der Waals surface area (Å²) in [5.74, 6) is 0.175. The lowest BCUT2D eigenvalue weighted by Gasteiger charge is -2.37. The molecule has 0 saturated carbocycles. The van der Waals surface area contributed by atoms with Crippen LogP contribution in [0.3, 0.4) is 0 Å². The maximum Gasteiger partial charge on any atom is 0.232 e. The Kier molecular flexibility index (Phi) is 6.62. The van der Waals surface area contributed by atoms with E-state index in [1.54, 1.807) is 0 Å². The number of aliphatic hydroxyl groups is 1. The molecule has 1 fully saturated rings. The van der Waals surface area contributed by atoms with Crippen LogP contribution in [0.25, 0.3) is 0 Å². The normalized spacial score (nSPS) is 16.6. The number of benzene rings is 1. The van der Waals surface area contributed by atoms with Gasteiger partial charge >= 0.3 is 0 Å². The molecule has 1 N–H and O–H groups in total. The summed E-state index contributed by atoms with van der Waals surface area (Å²) in [5.41, 5.74) is 0.512. The maximum absolute atomic E-state index is 12.9. The number of hydrogen-bond donors (Lipinski definition) is 1. The minimum atomic E-state index is -0.523. The number of carbonyl (C=O) groups is 1. The number of piperidine rings is 1. The summed E-state index contributed by atoms with van der Waals surface area (Å²) >= 11 is 3.43. The highest BCUT2D eigenvalue weighted by atomic mass is 79.9. The Balaban J connectivity index is 1.92. The van der Waals surface area contributed by atoms with E-state index >= 15 is 0 Å². The predicted molar refractivity (Wildman–Crippen MR) is 94.4 cm³/mol. The van der Waals surface area contributed by atoms with Crippen molar-refractivity contribution in [2.75, 3.05) is 26.3 Å². The van der Waals surface area contributed by atoms with Crippen LogP contribution in [-0.4, -0.2) is 48.3 Å². The highest BCUT2D eigenvalue weighted by Gasteiger charge is 2.35. The number of ether oxygens (including phenoxy) is 1. The Labute approximate surface area is 147 Å². The molecule has 0 unspecified atom stereocenters. The number of likely N-dealkylation sites (tertiary alicyclic amines) is 1. The molecule has 1 heterocycles. The third kappa shape index (κ3) is 4.78. The van der Waals surface area contributed by atoms with E-state index in [4.69, 9.17) is 9.84 Å². The average molecular weight is 384 g/mol. The standard InChI is InChI=1S/C18H26BrNO3/c1-18(2,14-4-6-15(19)7-5-14)17(22)20-10-8-16(9-11-20)23-13-3-12-21/h4-7,16,21H,3,8-13H2,1-2H3. The first kappa shape index (κ1) is 18.4. The van der Waals surface area contributed by atoms with Gasteiger partial charge < -0.3 is 14.7 Å². The van der Waals surface area contributed by atoms with E-state index in [2.05, 4.69) is 15.9 Å². The molecule has 0 aromatic heterocycles. The number of rotatable bonds is 6. The largest absolute Gasteiger partial charge is 0.396 e. The fourth-order valence-corrected chi connectivity index (χ4v) is 3.19. The van der Waals surface area contributed by atoms with E-state index in [-0.39, 0.29) is 18.6 Å². The Morgan fingerprint density at radius 1 is 1.30 bits per heavy atom. The van der Waals surface area contributed by atoms with Crippen molar-refractivity contribution in [3.63, 3.8) is 0 Å². The second-order valence-electron chi connectivity index (χ2n) is 6.57. The van der Waals surface area contributed by atoms with Crippen LogP contribution in [0.2, 0.25) is 0 Å². The zero-order valence-electron chi connectivity index (χ0n) is 13.9. The van der Waals surface area contributed by atoms with Gasteiger partial charge in [0.2, 0.25) is 5.91 Å². The van der Waals surface area contributed by atoms with Crippen LogP contribution in [0.15, 0.2) is 28.7 Å². The number of hydrogen-bond acceptors (Lipinski definition) is 3. The highest BCUT2D eigenvalue weighted by Crippen LogP contribution is 2.28. The molecular formula is C18H26BrNO3. The summed E-state index contributed by atoms with van der Waals surface area (Å²) in [7, 11) is 0. The number of nitrogens with zero attached hydrogens (tertiary/aromatic N) is 1. The molecule has 5 heteroatoms. The third-order valence-electron chi connectivity index (χ3n) is 4.49. The number of halogens is 1. The van der Waals surface area contributed by atoms with Crippen molar-refractivity contribution < 1.29 is 14.6 Å². The molecule has 1 aliphatic heterocycles. The second kappa shape index (κ2) is 8.27. The van der Waals surface area contributed by atoms with Crippen LogP contribution in [0.1, 0.15) is 38.7 Å². The molecule has 128 valence electrons. The molecule has 0 aliphatic carbocycles. The SMILES string of the molecule is CC(C)(C(=O)N1CCC(OCCCO)CC1)c1ccc(Br)cc1. The molecule has 23 heavy (non-hydrogen) atoms. The van der Waals surface area contributed by atoms with Crippen molar-refractivity contribution in [3.05, 3.63) is 34.3 Å². The molecule has 1 aromatic carbocycles. The van der Waals surface area contributed by atoms with Gasteiger partial charge in [0.1, 0.15) is 0 Å². The predicted octanol–water partition coefficient (Wildman–Crippen LogP) is 3.12. The van der Waals surface area contributed by atoms with Crippen molar-refractivity contribution in [2.45, 2.75) is 44.6 Å². The van der Waals surface area contributed by atoms with Gasteiger partial charge in [-0.1, -0.05) is 28.1 Å². The second-order valence-corrected chi connectivity index (χ2v) is 7.49. The molecule has 4 nitrogen and oxygen atoms in total. The summed E-state index contributed by atoms with van der Waals surface area (Å²) in [6.07, 6.45) is 2.62. The van der Waals surface area contributed by atoms with Crippen LogP contribution in [0.5, 0.6) is 0 Å². The van der Waals surface area contributed by atoms with Crippen LogP contribution in [-0.2, 0) is 14.9 Å². The topological polar surface area (TPSA) is 49.8 Å². The zero-order valence-corrected chi connectivity index (χ0v) is 15.5. The quantitative estimate of drug-likeness (QED) is 0.767. The lowest BCUT2D eigenvalue weighted by molar-refractivity contribution is -0.139. The summed E-state index contributed by atoms with van der Waals surface area (Å²) in [6.45, 7) is 6.22.